The van der Waals surface area contributed by atoms with Crippen molar-refractivity contribution in [3.63, 3.8) is 0 Å². The van der Waals surface area contributed by atoms with Gasteiger partial charge in [-0.25, -0.2) is 0 Å². The van der Waals surface area contributed by atoms with Crippen molar-refractivity contribution in [1.29, 1.82) is 0 Å². The molecule has 0 unspecified atom stereocenters. The first kappa shape index (κ1) is 22.7. The summed E-state index contributed by atoms with van der Waals surface area (Å²) in [5, 5.41) is 11.5. The molecule has 33 heavy (non-hydrogen) atoms. The molecule has 3 aliphatic rings. The van der Waals surface area contributed by atoms with Crippen molar-refractivity contribution in [3.8, 4) is 5.75 Å². The molecule has 0 radical (unpaired) electrons. The maximum Gasteiger partial charge on any atom is 0.236 e. The van der Waals surface area contributed by atoms with Gasteiger partial charge in [-0.05, 0) is 37.6 Å². The number of aryl methyl sites for hydroxylation is 1. The lowest BCUT2D eigenvalue weighted by Gasteiger charge is -2.49. The predicted molar refractivity (Wildman–Crippen MR) is 127 cm³/mol. The van der Waals surface area contributed by atoms with Gasteiger partial charge in [0.05, 0.1) is 45.0 Å². The average Bonchev–Trinajstić information content (AvgIpc) is 3.13. The highest BCUT2D eigenvalue weighted by atomic mass is 16.5. The quantitative estimate of drug-likeness (QED) is 0.749. The summed E-state index contributed by atoms with van der Waals surface area (Å²) in [6.45, 7) is 6.10. The van der Waals surface area contributed by atoms with Crippen molar-refractivity contribution in [1.82, 2.24) is 19.3 Å². The van der Waals surface area contributed by atoms with Crippen LogP contribution in [0.3, 0.4) is 0 Å². The van der Waals surface area contributed by atoms with Crippen LogP contribution in [-0.4, -0.2) is 104 Å². The van der Waals surface area contributed by atoms with Crippen LogP contribution in [0, 0.1) is 0 Å². The molecular weight excluding hydrogens is 420 g/mol. The Labute approximate surface area is 195 Å². The van der Waals surface area contributed by atoms with E-state index >= 15 is 0 Å². The minimum atomic E-state index is -0.0324. The van der Waals surface area contributed by atoms with Gasteiger partial charge in [-0.15, -0.1) is 0 Å². The second-order valence-corrected chi connectivity index (χ2v) is 9.87. The molecule has 180 valence electrons. The van der Waals surface area contributed by atoms with Crippen LogP contribution in [0.25, 0.3) is 10.9 Å². The fourth-order valence-electron chi connectivity index (χ4n) is 6.25. The number of rotatable bonds is 4. The second kappa shape index (κ2) is 8.91. The van der Waals surface area contributed by atoms with Gasteiger partial charge in [0.25, 0.3) is 0 Å². The van der Waals surface area contributed by atoms with Gasteiger partial charge in [-0.3, -0.25) is 14.6 Å². The number of hydrogen-bond donors (Lipinski definition) is 1. The summed E-state index contributed by atoms with van der Waals surface area (Å²) in [6, 6.07) is 6.26. The van der Waals surface area contributed by atoms with E-state index in [4.69, 9.17) is 9.47 Å². The van der Waals surface area contributed by atoms with Crippen LogP contribution >= 0.6 is 0 Å². The number of likely N-dealkylation sites (N-methyl/N-ethyl adjacent to an activating group) is 1. The highest BCUT2D eigenvalue weighted by Crippen LogP contribution is 2.49. The highest BCUT2D eigenvalue weighted by molar-refractivity contribution is 5.89. The maximum atomic E-state index is 13.0. The van der Waals surface area contributed by atoms with E-state index < -0.39 is 0 Å². The molecule has 5 rings (SSSR count). The van der Waals surface area contributed by atoms with E-state index in [1.165, 1.54) is 16.6 Å². The number of aromatic nitrogens is 1. The van der Waals surface area contributed by atoms with Crippen LogP contribution in [0.4, 0.5) is 0 Å². The molecule has 0 saturated carbocycles. The third-order valence-electron chi connectivity index (χ3n) is 8.09. The van der Waals surface area contributed by atoms with Crippen LogP contribution in [0.5, 0.6) is 5.75 Å². The fraction of sp³-hybridized carbons (Fsp3) is 0.640. The molecule has 2 fully saturated rings. The molecule has 8 heteroatoms. The van der Waals surface area contributed by atoms with Crippen molar-refractivity contribution >= 4 is 16.8 Å². The molecule has 1 spiro atoms. The van der Waals surface area contributed by atoms with Gasteiger partial charge >= 0.3 is 0 Å². The van der Waals surface area contributed by atoms with Gasteiger partial charge in [0.2, 0.25) is 5.91 Å². The van der Waals surface area contributed by atoms with Crippen molar-refractivity contribution in [3.05, 3.63) is 29.5 Å². The zero-order chi connectivity index (χ0) is 23.2. The number of morpholine rings is 1. The summed E-state index contributed by atoms with van der Waals surface area (Å²) in [5.74, 6) is 1.07. The van der Waals surface area contributed by atoms with E-state index in [9.17, 15) is 9.90 Å². The average molecular weight is 457 g/mol. The Morgan fingerprint density at radius 2 is 1.91 bits per heavy atom. The van der Waals surface area contributed by atoms with Crippen molar-refractivity contribution in [2.24, 2.45) is 7.05 Å². The maximum absolute atomic E-state index is 13.0. The minimum Gasteiger partial charge on any atom is -0.497 e. The van der Waals surface area contributed by atoms with Gasteiger partial charge in [0.1, 0.15) is 5.75 Å². The summed E-state index contributed by atoms with van der Waals surface area (Å²) in [5.41, 5.74) is 3.67. The molecule has 2 saturated heterocycles. The van der Waals surface area contributed by atoms with Gasteiger partial charge < -0.3 is 24.0 Å². The number of likely N-dealkylation sites (tertiary alicyclic amines) is 1. The SMILES string of the molecule is COc1ccc2c3c(n(C)c2c1)[C@H](CO)N(C)CC31CCN(C(=O)CN2CCOCC2)CC1. The fourth-order valence-corrected chi connectivity index (χ4v) is 6.25. The van der Waals surface area contributed by atoms with Crippen molar-refractivity contribution in [2.45, 2.75) is 24.3 Å². The molecule has 1 N–H and O–H groups in total. The minimum absolute atomic E-state index is 0.0282. The third kappa shape index (κ3) is 3.83. The van der Waals surface area contributed by atoms with Crippen LogP contribution < -0.4 is 4.74 Å². The first-order chi connectivity index (χ1) is 16.0. The Bertz CT molecular complexity index is 1020. The number of hydrogen-bond acceptors (Lipinski definition) is 6. The Balaban J connectivity index is 1.45. The number of fused-ring (bicyclic) bond motifs is 4. The summed E-state index contributed by atoms with van der Waals surface area (Å²) < 4.78 is 13.1. The first-order valence-corrected chi connectivity index (χ1v) is 12.0. The van der Waals surface area contributed by atoms with E-state index in [-0.39, 0.29) is 24.0 Å². The second-order valence-electron chi connectivity index (χ2n) is 9.87. The number of carbonyl (C=O) groups excluding carboxylic acids is 1. The number of carbonyl (C=O) groups is 1. The van der Waals surface area contributed by atoms with E-state index in [0.717, 1.165) is 56.8 Å². The Morgan fingerprint density at radius 1 is 1.18 bits per heavy atom. The summed E-state index contributed by atoms with van der Waals surface area (Å²) in [7, 11) is 5.90. The Hall–Kier alpha value is -2.13. The van der Waals surface area contributed by atoms with Gasteiger partial charge in [-0.1, -0.05) is 0 Å². The summed E-state index contributed by atoms with van der Waals surface area (Å²) in [4.78, 5) is 19.6. The summed E-state index contributed by atoms with van der Waals surface area (Å²) >= 11 is 0. The zero-order valence-corrected chi connectivity index (χ0v) is 20.0. The molecule has 1 amide bonds. The number of nitrogens with zero attached hydrogens (tertiary/aromatic N) is 4. The van der Waals surface area contributed by atoms with Crippen LogP contribution in [0.1, 0.15) is 30.1 Å². The molecule has 4 heterocycles. The standard InChI is InChI=1S/C25H36N4O4/c1-26-17-25(6-8-29(9-7-25)22(31)15-28-10-12-33-13-11-28)23-19-5-4-18(32-3)14-20(19)27(2)24(23)21(26)16-30/h4-5,14,21,30H,6-13,15-17H2,1-3H3/t21-/m0/s1. The van der Waals surface area contributed by atoms with E-state index in [1.54, 1.807) is 7.11 Å². The molecule has 0 bridgehead atoms. The first-order valence-electron chi connectivity index (χ1n) is 12.0. The summed E-state index contributed by atoms with van der Waals surface area (Å²) in [6.07, 6.45) is 1.87. The number of aliphatic hydroxyl groups is 1. The largest absolute Gasteiger partial charge is 0.497 e. The number of aliphatic hydroxyl groups excluding tert-OH is 1. The zero-order valence-electron chi connectivity index (χ0n) is 20.0. The Kier molecular flexibility index (Phi) is 6.11. The van der Waals surface area contributed by atoms with Gasteiger partial charge in [-0.2, -0.15) is 0 Å². The lowest BCUT2D eigenvalue weighted by atomic mass is 9.68. The number of methoxy groups -OCH3 is 1. The third-order valence-corrected chi connectivity index (χ3v) is 8.09. The molecule has 1 aromatic carbocycles. The van der Waals surface area contributed by atoms with Gasteiger partial charge in [0, 0.05) is 62.3 Å². The molecular formula is C25H36N4O4. The number of piperidine rings is 1. The number of benzene rings is 1. The predicted octanol–water partition coefficient (Wildman–Crippen LogP) is 1.36. The monoisotopic (exact) mass is 456 g/mol. The molecule has 1 aromatic heterocycles. The molecule has 8 nitrogen and oxygen atoms in total. The van der Waals surface area contributed by atoms with Crippen LogP contribution in [-0.2, 0) is 22.0 Å². The van der Waals surface area contributed by atoms with E-state index in [1.807, 2.05) is 11.0 Å². The highest BCUT2D eigenvalue weighted by Gasteiger charge is 2.47. The Morgan fingerprint density at radius 3 is 2.58 bits per heavy atom. The molecule has 0 aliphatic carbocycles. The topological polar surface area (TPSA) is 70.4 Å². The van der Waals surface area contributed by atoms with Crippen LogP contribution in [0.15, 0.2) is 18.2 Å². The smallest absolute Gasteiger partial charge is 0.236 e. The van der Waals surface area contributed by atoms with Crippen molar-refractivity contribution in [2.75, 3.05) is 73.2 Å². The number of amides is 1. The van der Waals surface area contributed by atoms with Crippen molar-refractivity contribution < 1.29 is 19.4 Å². The molecule has 1 atom stereocenters. The van der Waals surface area contributed by atoms with E-state index in [2.05, 4.69) is 40.6 Å². The number of ether oxygens (including phenoxy) is 2. The lowest BCUT2D eigenvalue weighted by molar-refractivity contribution is -0.135. The normalized spacial score (nSPS) is 23.8. The van der Waals surface area contributed by atoms with Crippen LogP contribution in [0.2, 0.25) is 0 Å². The van der Waals surface area contributed by atoms with E-state index in [0.29, 0.717) is 19.8 Å². The van der Waals surface area contributed by atoms with Gasteiger partial charge in [0.15, 0.2) is 0 Å². The lowest BCUT2D eigenvalue weighted by Crippen LogP contribution is -2.55. The molecule has 2 aromatic rings. The molecule has 3 aliphatic heterocycles.